The molecule has 0 saturated carbocycles. The van der Waals surface area contributed by atoms with Gasteiger partial charge in [0, 0.05) is 0 Å². The summed E-state index contributed by atoms with van der Waals surface area (Å²) in [6.45, 7) is 10.1. The van der Waals surface area contributed by atoms with Crippen molar-refractivity contribution >= 4 is 34.4 Å². The zero-order valence-corrected chi connectivity index (χ0v) is 22.5. The highest BCUT2D eigenvalue weighted by Crippen LogP contribution is 2.58. The normalized spacial score (nSPS) is 35.1. The lowest BCUT2D eigenvalue weighted by Gasteiger charge is -2.33. The highest BCUT2D eigenvalue weighted by Gasteiger charge is 2.66. The topological polar surface area (TPSA) is 82.3 Å². The molecule has 2 aliphatic heterocycles. The van der Waals surface area contributed by atoms with Gasteiger partial charge in [-0.3, -0.25) is 4.57 Å². The summed E-state index contributed by atoms with van der Waals surface area (Å²) >= 11 is 11.7. The second-order valence-electron chi connectivity index (χ2n) is 9.67. The first-order chi connectivity index (χ1) is 16.7. The Morgan fingerprint density at radius 3 is 1.92 bits per heavy atom. The first-order valence-corrected chi connectivity index (χ1v) is 12.7. The number of hydrogen-bond donors (Lipinski definition) is 1. The van der Waals surface area contributed by atoms with E-state index < -0.39 is 47.4 Å². The number of aliphatic hydroxyl groups excluding tert-OH is 1. The molecule has 2 aromatic rings. The van der Waals surface area contributed by atoms with Crippen LogP contribution in [0.5, 0.6) is 0 Å². The van der Waals surface area contributed by atoms with Crippen LogP contribution in [0.1, 0.15) is 73.5 Å². The molecular formula is C23H32Cl2F4N4O3. The van der Waals surface area contributed by atoms with Gasteiger partial charge in [-0.1, -0.05) is 53.1 Å². The van der Waals surface area contributed by atoms with E-state index in [9.17, 15) is 8.78 Å². The van der Waals surface area contributed by atoms with Crippen molar-refractivity contribution in [3.63, 3.8) is 0 Å². The fourth-order valence-corrected chi connectivity index (χ4v) is 5.49. The van der Waals surface area contributed by atoms with E-state index in [4.69, 9.17) is 37.8 Å². The summed E-state index contributed by atoms with van der Waals surface area (Å²) < 4.78 is 68.8. The Hall–Kier alpha value is -1.27. The lowest BCUT2D eigenvalue weighted by atomic mass is 9.76. The first kappa shape index (κ1) is 29.3. The van der Waals surface area contributed by atoms with Gasteiger partial charge in [0.2, 0.25) is 17.8 Å². The number of alkyl halides is 4. The number of rotatable bonds is 5. The molecule has 0 aromatic carbocycles. The summed E-state index contributed by atoms with van der Waals surface area (Å²) in [5.41, 5.74) is -2.16. The molecule has 0 spiro atoms. The van der Waals surface area contributed by atoms with Crippen LogP contribution in [-0.2, 0) is 9.47 Å². The molecule has 7 nitrogen and oxygen atoms in total. The van der Waals surface area contributed by atoms with E-state index in [-0.39, 0.29) is 28.0 Å². The molecule has 2 aliphatic rings. The predicted octanol–water partition coefficient (Wildman–Crippen LogP) is 6.66. The van der Waals surface area contributed by atoms with E-state index in [1.165, 1.54) is 17.8 Å². The molecule has 2 fully saturated rings. The standard InChI is InChI=1S/C14H16Cl2F2N4O.C9H16F2O2/c1-4-7-13(3,5-2)14(17,18)11(23-7)22-6-19-8-9(15)20-12(16)21-10(8)22;1-4-6-8(3,5-2)9(10,11)7(12)13-6/h6-7,11H,4-5H2,1-3H3;6-7,12H,4-5H2,1-3H3/t7-,11-,13?;6-,7?,8-/m11/s1. The van der Waals surface area contributed by atoms with Crippen molar-refractivity contribution in [1.82, 2.24) is 19.5 Å². The van der Waals surface area contributed by atoms with Crippen LogP contribution >= 0.6 is 23.2 Å². The minimum atomic E-state index is -3.14. The van der Waals surface area contributed by atoms with Gasteiger partial charge in [0.25, 0.3) is 5.92 Å². The number of ether oxygens (including phenoxy) is 2. The average Bonchev–Trinajstić information content (AvgIpc) is 3.38. The van der Waals surface area contributed by atoms with Crippen molar-refractivity contribution in [2.24, 2.45) is 10.8 Å². The summed E-state index contributed by atoms with van der Waals surface area (Å²) in [7, 11) is 0. The molecule has 2 unspecified atom stereocenters. The average molecular weight is 559 g/mol. The van der Waals surface area contributed by atoms with E-state index in [1.807, 2.05) is 6.92 Å². The van der Waals surface area contributed by atoms with Crippen molar-refractivity contribution in [2.75, 3.05) is 0 Å². The minimum absolute atomic E-state index is 0.0189. The second kappa shape index (κ2) is 10.1. The Morgan fingerprint density at radius 1 is 0.917 bits per heavy atom. The molecule has 0 amide bonds. The summed E-state index contributed by atoms with van der Waals surface area (Å²) in [5.74, 6) is -6.23. The Morgan fingerprint density at radius 2 is 1.44 bits per heavy atom. The molecule has 0 aliphatic carbocycles. The third-order valence-corrected chi connectivity index (χ3v) is 8.40. The molecule has 4 rings (SSSR count). The second-order valence-corrected chi connectivity index (χ2v) is 10.4. The Kier molecular flexibility index (Phi) is 8.24. The maximum absolute atomic E-state index is 15.1. The summed E-state index contributed by atoms with van der Waals surface area (Å²) in [6, 6.07) is 0. The van der Waals surface area contributed by atoms with E-state index in [0.29, 0.717) is 19.3 Å². The predicted molar refractivity (Wildman–Crippen MR) is 127 cm³/mol. The maximum atomic E-state index is 15.1. The lowest BCUT2D eigenvalue weighted by Crippen LogP contribution is -2.44. The van der Waals surface area contributed by atoms with Crippen molar-refractivity contribution in [2.45, 2.75) is 104 Å². The molecule has 2 aromatic heterocycles. The summed E-state index contributed by atoms with van der Waals surface area (Å²) in [6.07, 6.45) is -1.76. The molecule has 204 valence electrons. The number of aromatic nitrogens is 4. The fraction of sp³-hybridized carbons (Fsp3) is 0.783. The minimum Gasteiger partial charge on any atom is -0.363 e. The number of aliphatic hydroxyl groups is 1. The molecule has 2 saturated heterocycles. The highest BCUT2D eigenvalue weighted by molar-refractivity contribution is 6.35. The van der Waals surface area contributed by atoms with Crippen LogP contribution in [0.4, 0.5) is 17.6 Å². The SMILES string of the molecule is CC[C@H]1OC(O)C(F)(F)[C@]1(C)CC.CC[C@H]1O[C@@H](n2cnc3c(Cl)nc(Cl)nc32)C(F)(F)C1(C)CC. The summed E-state index contributed by atoms with van der Waals surface area (Å²) in [4.78, 5) is 11.8. The van der Waals surface area contributed by atoms with Crippen LogP contribution < -0.4 is 0 Å². The van der Waals surface area contributed by atoms with E-state index in [1.54, 1.807) is 27.7 Å². The van der Waals surface area contributed by atoms with Crippen LogP contribution in [0.2, 0.25) is 10.4 Å². The maximum Gasteiger partial charge on any atom is 0.305 e. The van der Waals surface area contributed by atoms with Crippen molar-refractivity contribution < 1.29 is 32.1 Å². The number of halogens is 6. The number of imidazole rings is 1. The van der Waals surface area contributed by atoms with E-state index in [2.05, 4.69) is 15.0 Å². The van der Waals surface area contributed by atoms with Gasteiger partial charge in [-0.15, -0.1) is 0 Å². The van der Waals surface area contributed by atoms with E-state index >= 15 is 8.78 Å². The molecule has 0 radical (unpaired) electrons. The number of hydrogen-bond acceptors (Lipinski definition) is 6. The lowest BCUT2D eigenvalue weighted by molar-refractivity contribution is -0.202. The quantitative estimate of drug-likeness (QED) is 0.251. The monoisotopic (exact) mass is 558 g/mol. The molecular weight excluding hydrogens is 527 g/mol. The zero-order chi connectivity index (χ0) is 27.3. The third kappa shape index (κ3) is 4.28. The third-order valence-electron chi connectivity index (χ3n) is 7.97. The fourth-order valence-electron chi connectivity index (χ4n) is 5.07. The van der Waals surface area contributed by atoms with Gasteiger partial charge in [-0.05, 0) is 37.3 Å². The number of nitrogens with zero attached hydrogens (tertiary/aromatic N) is 4. The van der Waals surface area contributed by atoms with Crippen molar-refractivity contribution in [3.8, 4) is 0 Å². The molecule has 13 heteroatoms. The number of fused-ring (bicyclic) bond motifs is 1. The molecule has 4 heterocycles. The zero-order valence-electron chi connectivity index (χ0n) is 21.0. The van der Waals surface area contributed by atoms with Gasteiger partial charge in [-0.25, -0.2) is 27.5 Å². The molecule has 0 bridgehead atoms. The molecule has 6 atom stereocenters. The van der Waals surface area contributed by atoms with Gasteiger partial charge >= 0.3 is 5.92 Å². The van der Waals surface area contributed by atoms with Crippen LogP contribution in [0.25, 0.3) is 11.2 Å². The molecule has 1 N–H and O–H groups in total. The van der Waals surface area contributed by atoms with Crippen molar-refractivity contribution in [1.29, 1.82) is 0 Å². The first-order valence-electron chi connectivity index (χ1n) is 12.0. The van der Waals surface area contributed by atoms with Crippen LogP contribution in [-0.4, -0.2) is 55.0 Å². The van der Waals surface area contributed by atoms with Gasteiger partial charge < -0.3 is 14.6 Å². The van der Waals surface area contributed by atoms with Crippen LogP contribution in [0.3, 0.4) is 0 Å². The Bertz CT molecular complexity index is 1090. The summed E-state index contributed by atoms with van der Waals surface area (Å²) in [5, 5.41) is 8.94. The van der Waals surface area contributed by atoms with Gasteiger partial charge in [0.15, 0.2) is 10.8 Å². The van der Waals surface area contributed by atoms with Crippen molar-refractivity contribution in [3.05, 3.63) is 16.8 Å². The van der Waals surface area contributed by atoms with Crippen LogP contribution in [0, 0.1) is 10.8 Å². The van der Waals surface area contributed by atoms with Gasteiger partial charge in [0.1, 0.15) is 5.52 Å². The smallest absolute Gasteiger partial charge is 0.305 e. The Balaban J connectivity index is 0.000000236. The van der Waals surface area contributed by atoms with Crippen LogP contribution in [0.15, 0.2) is 6.33 Å². The van der Waals surface area contributed by atoms with Gasteiger partial charge in [-0.2, -0.15) is 4.98 Å². The van der Waals surface area contributed by atoms with Gasteiger partial charge in [0.05, 0.1) is 29.4 Å². The molecule has 36 heavy (non-hydrogen) atoms. The van der Waals surface area contributed by atoms with E-state index in [0.717, 1.165) is 0 Å². The largest absolute Gasteiger partial charge is 0.363 e. The Labute approximate surface area is 217 Å². The highest BCUT2D eigenvalue weighted by atomic mass is 35.5.